The van der Waals surface area contributed by atoms with E-state index in [0.29, 0.717) is 0 Å². The Balaban J connectivity index is 2.81. The Hall–Kier alpha value is -2.95. The highest BCUT2D eigenvalue weighted by Gasteiger charge is 2.44. The van der Waals surface area contributed by atoms with Crippen LogP contribution in [-0.4, -0.2) is 12.0 Å². The van der Waals surface area contributed by atoms with Crippen LogP contribution < -0.4 is 5.32 Å². The van der Waals surface area contributed by atoms with Crippen molar-refractivity contribution in [2.24, 2.45) is 5.41 Å². The van der Waals surface area contributed by atoms with E-state index in [4.69, 9.17) is 4.74 Å². The molecule has 0 spiro atoms. The maximum Gasteiger partial charge on any atom is 0.318 e. The number of allylic oxidation sites excluding steroid dienone is 2. The van der Waals surface area contributed by atoms with Crippen molar-refractivity contribution < 1.29 is 18.4 Å². The van der Waals surface area contributed by atoms with E-state index in [1.807, 2.05) is 6.07 Å². The second-order valence-electron chi connectivity index (χ2n) is 6.53. The summed E-state index contributed by atoms with van der Waals surface area (Å²) in [6.45, 7) is 5.35. The summed E-state index contributed by atoms with van der Waals surface area (Å²) < 4.78 is 32.6. The summed E-state index contributed by atoms with van der Waals surface area (Å²) in [5, 5.41) is 23.8. The number of nitriles is 1. The van der Waals surface area contributed by atoms with Gasteiger partial charge in [-0.1, -0.05) is 26.8 Å². The lowest BCUT2D eigenvalue weighted by Gasteiger charge is -2.31. The average molecular weight is 349 g/mol. The van der Waals surface area contributed by atoms with Gasteiger partial charge in [-0.3, -0.25) is 10.1 Å². The van der Waals surface area contributed by atoms with Crippen LogP contribution in [0, 0.1) is 38.5 Å². The predicted octanol–water partition coefficient (Wildman–Crippen LogP) is 3.57. The first-order valence-electron chi connectivity index (χ1n) is 7.45. The van der Waals surface area contributed by atoms with E-state index < -0.39 is 33.6 Å². The van der Waals surface area contributed by atoms with Gasteiger partial charge >= 0.3 is 5.70 Å². The summed E-state index contributed by atoms with van der Waals surface area (Å²) in [5.41, 5.74) is -0.978. The van der Waals surface area contributed by atoms with Crippen LogP contribution in [0.4, 0.5) is 8.78 Å². The van der Waals surface area contributed by atoms with Crippen molar-refractivity contribution in [3.63, 3.8) is 0 Å². The zero-order chi connectivity index (χ0) is 18.9. The second-order valence-corrected chi connectivity index (χ2v) is 6.53. The molecule has 1 N–H and O–H groups in total. The molecule has 1 aromatic rings. The highest BCUT2D eigenvalue weighted by atomic mass is 19.2. The molecule has 0 aliphatic carbocycles. The fraction of sp³-hybridized carbons (Fsp3) is 0.353. The SMILES string of the molecule is CNC1=C([N+](=O)[O-])C(c2ccc(F)c(F)c2)C(C#N)=C(C(C)(C)C)O1. The molecule has 0 bridgehead atoms. The van der Waals surface area contributed by atoms with Gasteiger partial charge in [-0.15, -0.1) is 0 Å². The van der Waals surface area contributed by atoms with E-state index in [2.05, 4.69) is 5.32 Å². The van der Waals surface area contributed by atoms with Gasteiger partial charge in [0.1, 0.15) is 11.7 Å². The van der Waals surface area contributed by atoms with Crippen LogP contribution in [-0.2, 0) is 4.74 Å². The van der Waals surface area contributed by atoms with Crippen LogP contribution in [0.1, 0.15) is 32.3 Å². The molecule has 0 saturated carbocycles. The maximum absolute atomic E-state index is 13.7. The molecule has 0 fully saturated rings. The molecule has 6 nitrogen and oxygen atoms in total. The molecule has 25 heavy (non-hydrogen) atoms. The van der Waals surface area contributed by atoms with Crippen molar-refractivity contribution in [3.8, 4) is 6.07 Å². The van der Waals surface area contributed by atoms with Crippen molar-refractivity contribution in [2.75, 3.05) is 7.05 Å². The van der Waals surface area contributed by atoms with E-state index in [9.17, 15) is 24.2 Å². The molecular formula is C17H17F2N3O3. The summed E-state index contributed by atoms with van der Waals surface area (Å²) in [5.74, 6) is -3.30. The normalized spacial score (nSPS) is 17.9. The molecule has 2 rings (SSSR count). The fourth-order valence-corrected chi connectivity index (χ4v) is 2.66. The van der Waals surface area contributed by atoms with Crippen molar-refractivity contribution in [1.29, 1.82) is 5.26 Å². The standard InChI is InChI=1S/C17H17F2N3O3/c1-17(2,3)15-10(8-20)13(9-5-6-11(18)12(19)7-9)14(22(23)24)16(21-4)25-15/h5-7,13,21H,1-4H3. The Morgan fingerprint density at radius 3 is 2.40 bits per heavy atom. The minimum atomic E-state index is -1.18. The molecule has 0 radical (unpaired) electrons. The van der Waals surface area contributed by atoms with E-state index in [0.717, 1.165) is 12.1 Å². The van der Waals surface area contributed by atoms with Gasteiger partial charge in [0.25, 0.3) is 5.88 Å². The molecule has 1 heterocycles. The molecule has 8 heteroatoms. The predicted molar refractivity (Wildman–Crippen MR) is 85.4 cm³/mol. The van der Waals surface area contributed by atoms with E-state index in [-0.39, 0.29) is 22.8 Å². The smallest absolute Gasteiger partial charge is 0.318 e. The largest absolute Gasteiger partial charge is 0.438 e. The molecule has 1 aromatic carbocycles. The third kappa shape index (κ3) is 3.31. The van der Waals surface area contributed by atoms with Gasteiger partial charge in [-0.05, 0) is 17.7 Å². The third-order valence-electron chi connectivity index (χ3n) is 3.75. The Labute approximate surface area is 143 Å². The molecular weight excluding hydrogens is 332 g/mol. The maximum atomic E-state index is 13.7. The lowest BCUT2D eigenvalue weighted by atomic mass is 9.80. The quantitative estimate of drug-likeness (QED) is 0.666. The van der Waals surface area contributed by atoms with Crippen LogP contribution >= 0.6 is 0 Å². The summed E-state index contributed by atoms with van der Waals surface area (Å²) >= 11 is 0. The van der Waals surface area contributed by atoms with Gasteiger partial charge < -0.3 is 10.1 Å². The Bertz CT molecular complexity index is 833. The number of rotatable bonds is 3. The number of nitrogens with zero attached hydrogens (tertiary/aromatic N) is 2. The van der Waals surface area contributed by atoms with Gasteiger partial charge in [0.2, 0.25) is 0 Å². The number of ether oxygens (including phenoxy) is 1. The van der Waals surface area contributed by atoms with E-state index in [1.165, 1.54) is 13.1 Å². The number of nitrogens with one attached hydrogen (secondary N) is 1. The summed E-state index contributed by atoms with van der Waals surface area (Å²) in [6, 6.07) is 4.91. The van der Waals surface area contributed by atoms with E-state index in [1.54, 1.807) is 20.8 Å². The lowest BCUT2D eigenvalue weighted by Crippen LogP contribution is -2.30. The number of halogens is 2. The van der Waals surface area contributed by atoms with Gasteiger partial charge in [-0.25, -0.2) is 8.78 Å². The van der Waals surface area contributed by atoms with Crippen molar-refractivity contribution in [1.82, 2.24) is 5.32 Å². The molecule has 1 atom stereocenters. The molecule has 1 aliphatic rings. The average Bonchev–Trinajstić information content (AvgIpc) is 2.54. The monoisotopic (exact) mass is 349 g/mol. The summed E-state index contributed by atoms with van der Waals surface area (Å²) in [7, 11) is 1.44. The molecule has 1 unspecified atom stereocenters. The van der Waals surface area contributed by atoms with Crippen LogP contribution in [0.15, 0.2) is 41.1 Å². The van der Waals surface area contributed by atoms with Crippen molar-refractivity contribution in [2.45, 2.75) is 26.7 Å². The minimum Gasteiger partial charge on any atom is -0.438 e. The first-order chi connectivity index (χ1) is 11.6. The minimum absolute atomic E-state index is 0.00999. The molecule has 132 valence electrons. The highest BCUT2D eigenvalue weighted by Crippen LogP contribution is 2.44. The van der Waals surface area contributed by atoms with Gasteiger partial charge in [-0.2, -0.15) is 5.26 Å². The van der Waals surface area contributed by atoms with Crippen LogP contribution in [0.3, 0.4) is 0 Å². The molecule has 0 amide bonds. The van der Waals surface area contributed by atoms with Gasteiger partial charge in [0, 0.05) is 12.5 Å². The Morgan fingerprint density at radius 2 is 1.96 bits per heavy atom. The molecule has 0 saturated heterocycles. The van der Waals surface area contributed by atoms with Gasteiger partial charge in [0.15, 0.2) is 11.6 Å². The van der Waals surface area contributed by atoms with E-state index >= 15 is 0 Å². The van der Waals surface area contributed by atoms with Crippen LogP contribution in [0.25, 0.3) is 0 Å². The number of hydrogen-bond donors (Lipinski definition) is 1. The van der Waals surface area contributed by atoms with Crippen molar-refractivity contribution in [3.05, 3.63) is 68.4 Å². The second kappa shape index (κ2) is 6.51. The topological polar surface area (TPSA) is 88.2 Å². The third-order valence-corrected chi connectivity index (χ3v) is 3.75. The van der Waals surface area contributed by atoms with Crippen LogP contribution in [0.2, 0.25) is 0 Å². The first kappa shape index (κ1) is 18.4. The summed E-state index contributed by atoms with van der Waals surface area (Å²) in [6.07, 6.45) is 0. The molecule has 1 aliphatic heterocycles. The Morgan fingerprint density at radius 1 is 1.32 bits per heavy atom. The number of nitro groups is 1. The molecule has 0 aromatic heterocycles. The highest BCUT2D eigenvalue weighted by molar-refractivity contribution is 5.48. The number of benzene rings is 1. The zero-order valence-electron chi connectivity index (χ0n) is 14.2. The van der Waals surface area contributed by atoms with Crippen molar-refractivity contribution >= 4 is 0 Å². The zero-order valence-corrected chi connectivity index (χ0v) is 14.2. The Kier molecular flexibility index (Phi) is 4.79. The lowest BCUT2D eigenvalue weighted by molar-refractivity contribution is -0.433. The van der Waals surface area contributed by atoms with Crippen LogP contribution in [0.5, 0.6) is 0 Å². The van der Waals surface area contributed by atoms with Gasteiger partial charge in [0.05, 0.1) is 16.6 Å². The first-order valence-corrected chi connectivity index (χ1v) is 7.45. The fourth-order valence-electron chi connectivity index (χ4n) is 2.66. The number of hydrogen-bond acceptors (Lipinski definition) is 5. The summed E-state index contributed by atoms with van der Waals surface area (Å²) in [4.78, 5) is 10.9.